The van der Waals surface area contributed by atoms with Gasteiger partial charge in [0.2, 0.25) is 0 Å². The van der Waals surface area contributed by atoms with Crippen LogP contribution in [-0.4, -0.2) is 17.7 Å². The number of carbonyl (C=O) groups is 1. The van der Waals surface area contributed by atoms with Crippen LogP contribution in [0.3, 0.4) is 0 Å². The maximum absolute atomic E-state index is 12.1. The second-order valence-corrected chi connectivity index (χ2v) is 4.87. The number of aliphatic hydroxyl groups is 1. The molecule has 1 aromatic carbocycles. The summed E-state index contributed by atoms with van der Waals surface area (Å²) >= 11 is 0. The first-order valence-electron chi connectivity index (χ1n) is 6.55. The van der Waals surface area contributed by atoms with Crippen molar-refractivity contribution < 1.29 is 14.6 Å². The van der Waals surface area contributed by atoms with Crippen LogP contribution in [0.25, 0.3) is 0 Å². The lowest BCUT2D eigenvalue weighted by Crippen LogP contribution is -2.42. The van der Waals surface area contributed by atoms with Crippen LogP contribution in [0.1, 0.15) is 26.3 Å². The van der Waals surface area contributed by atoms with Crippen LogP contribution in [0.5, 0.6) is 0 Å². The molecule has 0 aliphatic rings. The Kier molecular flexibility index (Phi) is 5.31. The van der Waals surface area contributed by atoms with Gasteiger partial charge in [0.1, 0.15) is 5.60 Å². The molecule has 2 unspecified atom stereocenters. The molecule has 0 radical (unpaired) electrons. The Balaban J connectivity index is 3.23. The van der Waals surface area contributed by atoms with Gasteiger partial charge >= 0.3 is 5.97 Å². The molecule has 104 valence electrons. The van der Waals surface area contributed by atoms with Crippen molar-refractivity contribution in [2.75, 3.05) is 6.61 Å². The molecule has 2 atom stereocenters. The van der Waals surface area contributed by atoms with Crippen LogP contribution in [-0.2, 0) is 15.1 Å². The average molecular weight is 262 g/mol. The lowest BCUT2D eigenvalue weighted by Gasteiger charge is -2.34. The van der Waals surface area contributed by atoms with E-state index in [1.54, 1.807) is 19.1 Å². The summed E-state index contributed by atoms with van der Waals surface area (Å²) in [5, 5.41) is 10.9. The molecule has 1 aromatic rings. The van der Waals surface area contributed by atoms with Crippen molar-refractivity contribution in [3.8, 4) is 0 Å². The van der Waals surface area contributed by atoms with Crippen LogP contribution in [0, 0.1) is 11.8 Å². The zero-order chi connectivity index (χ0) is 14.5. The van der Waals surface area contributed by atoms with Gasteiger partial charge in [0, 0.05) is 0 Å². The molecule has 0 heterocycles. The highest BCUT2D eigenvalue weighted by molar-refractivity contribution is 5.75. The molecule has 0 fully saturated rings. The quantitative estimate of drug-likeness (QED) is 0.633. The van der Waals surface area contributed by atoms with Gasteiger partial charge in [0.05, 0.1) is 12.5 Å². The molecule has 0 saturated carbocycles. The third kappa shape index (κ3) is 3.24. The summed E-state index contributed by atoms with van der Waals surface area (Å²) in [6, 6.07) is 9.09. The predicted molar refractivity (Wildman–Crippen MR) is 75.5 cm³/mol. The summed E-state index contributed by atoms with van der Waals surface area (Å²) in [6.07, 6.45) is 1.42. The monoisotopic (exact) mass is 262 g/mol. The molecule has 0 aromatic heterocycles. The summed E-state index contributed by atoms with van der Waals surface area (Å²) in [7, 11) is 0. The van der Waals surface area contributed by atoms with Crippen molar-refractivity contribution >= 4 is 5.97 Å². The maximum Gasteiger partial charge on any atom is 0.312 e. The fourth-order valence-electron chi connectivity index (χ4n) is 2.32. The van der Waals surface area contributed by atoms with Gasteiger partial charge in [-0.3, -0.25) is 4.79 Å². The molecule has 0 aliphatic carbocycles. The first-order chi connectivity index (χ1) is 8.97. The molecule has 1 N–H and O–H groups in total. The minimum atomic E-state index is -1.41. The Morgan fingerprint density at radius 1 is 1.42 bits per heavy atom. The molecule has 0 saturated heterocycles. The van der Waals surface area contributed by atoms with Gasteiger partial charge in [-0.25, -0.2) is 0 Å². The van der Waals surface area contributed by atoms with Gasteiger partial charge in [-0.1, -0.05) is 56.8 Å². The molecular weight excluding hydrogens is 240 g/mol. The van der Waals surface area contributed by atoms with E-state index in [1.807, 2.05) is 32.0 Å². The van der Waals surface area contributed by atoms with Crippen molar-refractivity contribution in [2.45, 2.75) is 26.4 Å². The second-order valence-electron chi connectivity index (χ2n) is 4.87. The normalized spacial score (nSPS) is 15.6. The van der Waals surface area contributed by atoms with Gasteiger partial charge in [-0.2, -0.15) is 0 Å². The first-order valence-corrected chi connectivity index (χ1v) is 6.55. The van der Waals surface area contributed by atoms with Crippen LogP contribution < -0.4 is 0 Å². The summed E-state index contributed by atoms with van der Waals surface area (Å²) < 4.78 is 5.09. The lowest BCUT2D eigenvalue weighted by atomic mass is 9.75. The maximum atomic E-state index is 12.1. The first kappa shape index (κ1) is 15.4. The molecule has 0 amide bonds. The number of benzene rings is 1. The number of hydrogen-bond acceptors (Lipinski definition) is 3. The van der Waals surface area contributed by atoms with Gasteiger partial charge in [-0.15, -0.1) is 0 Å². The Morgan fingerprint density at radius 3 is 2.42 bits per heavy atom. The summed E-state index contributed by atoms with van der Waals surface area (Å²) in [5.74, 6) is -1.14. The molecule has 0 spiro atoms. The predicted octanol–water partition coefficient (Wildman–Crippen LogP) is 2.90. The van der Waals surface area contributed by atoms with Gasteiger partial charge in [0.25, 0.3) is 0 Å². The summed E-state index contributed by atoms with van der Waals surface area (Å²) in [6.45, 7) is 9.52. The third-order valence-corrected chi connectivity index (χ3v) is 3.23. The van der Waals surface area contributed by atoms with Crippen LogP contribution >= 0.6 is 0 Å². The number of ether oxygens (including phenoxy) is 1. The van der Waals surface area contributed by atoms with Gasteiger partial charge in [0.15, 0.2) is 0 Å². The van der Waals surface area contributed by atoms with E-state index in [0.29, 0.717) is 12.2 Å². The molecule has 3 nitrogen and oxygen atoms in total. The molecular formula is C16H22O3. The van der Waals surface area contributed by atoms with E-state index in [1.165, 1.54) is 6.08 Å². The van der Waals surface area contributed by atoms with E-state index < -0.39 is 17.5 Å². The number of esters is 1. The van der Waals surface area contributed by atoms with E-state index in [2.05, 4.69) is 6.58 Å². The minimum absolute atomic E-state index is 0.0674. The van der Waals surface area contributed by atoms with Crippen molar-refractivity contribution in [1.29, 1.82) is 0 Å². The number of carbonyl (C=O) groups excluding carboxylic acids is 1. The van der Waals surface area contributed by atoms with Crippen molar-refractivity contribution in [2.24, 2.45) is 11.8 Å². The lowest BCUT2D eigenvalue weighted by molar-refractivity contribution is -0.159. The van der Waals surface area contributed by atoms with Crippen LogP contribution in [0.2, 0.25) is 0 Å². The Bertz CT molecular complexity index is 425. The highest BCUT2D eigenvalue weighted by Crippen LogP contribution is 2.36. The fraction of sp³-hybridized carbons (Fsp3) is 0.438. The molecule has 3 heteroatoms. The molecule has 19 heavy (non-hydrogen) atoms. The van der Waals surface area contributed by atoms with Crippen LogP contribution in [0.4, 0.5) is 0 Å². The zero-order valence-corrected chi connectivity index (χ0v) is 11.8. The van der Waals surface area contributed by atoms with E-state index >= 15 is 0 Å². The summed E-state index contributed by atoms with van der Waals surface area (Å²) in [5.41, 5.74) is -0.765. The molecule has 1 rings (SSSR count). The molecule has 0 aliphatic heterocycles. The summed E-state index contributed by atoms with van der Waals surface area (Å²) in [4.78, 5) is 12.1. The van der Waals surface area contributed by atoms with E-state index in [-0.39, 0.29) is 5.92 Å². The number of rotatable bonds is 6. The standard InChI is InChI=1S/C16H22O3/c1-5-16(18,13-10-8-7-9-11-13)14(12(3)4)15(17)19-6-2/h5,7-12,14,18H,1,6H2,2-4H3. The van der Waals surface area contributed by atoms with E-state index in [0.717, 1.165) is 0 Å². The highest BCUT2D eigenvalue weighted by atomic mass is 16.5. The minimum Gasteiger partial charge on any atom is -0.466 e. The van der Waals surface area contributed by atoms with Crippen molar-refractivity contribution in [1.82, 2.24) is 0 Å². The fourth-order valence-corrected chi connectivity index (χ4v) is 2.32. The van der Waals surface area contributed by atoms with Gasteiger partial charge in [-0.05, 0) is 18.4 Å². The van der Waals surface area contributed by atoms with Crippen LogP contribution in [0.15, 0.2) is 43.0 Å². The highest BCUT2D eigenvalue weighted by Gasteiger charge is 2.43. The van der Waals surface area contributed by atoms with Crippen molar-refractivity contribution in [3.05, 3.63) is 48.6 Å². The third-order valence-electron chi connectivity index (χ3n) is 3.23. The largest absolute Gasteiger partial charge is 0.466 e. The van der Waals surface area contributed by atoms with Crippen molar-refractivity contribution in [3.63, 3.8) is 0 Å². The molecule has 0 bridgehead atoms. The Labute approximate surface area is 114 Å². The smallest absolute Gasteiger partial charge is 0.312 e. The number of hydrogen-bond donors (Lipinski definition) is 1. The average Bonchev–Trinajstić information content (AvgIpc) is 2.39. The second kappa shape index (κ2) is 6.53. The SMILES string of the molecule is C=CC(O)(c1ccccc1)C(C(=O)OCC)C(C)C. The van der Waals surface area contributed by atoms with E-state index in [4.69, 9.17) is 4.74 Å². The topological polar surface area (TPSA) is 46.5 Å². The Hall–Kier alpha value is -1.61. The van der Waals surface area contributed by atoms with E-state index in [9.17, 15) is 9.90 Å². The zero-order valence-electron chi connectivity index (χ0n) is 11.8. The van der Waals surface area contributed by atoms with Gasteiger partial charge < -0.3 is 9.84 Å². The Morgan fingerprint density at radius 2 is 2.00 bits per heavy atom.